The molecule has 14 heavy (non-hydrogen) atoms. The van der Waals surface area contributed by atoms with E-state index < -0.39 is 0 Å². The summed E-state index contributed by atoms with van der Waals surface area (Å²) in [6, 6.07) is 2.69. The van der Waals surface area contributed by atoms with Crippen LogP contribution in [0.15, 0.2) is 12.1 Å². The molecule has 1 aromatic carbocycles. The first-order chi connectivity index (χ1) is 6.52. The first kappa shape index (κ1) is 13.8. The molecule has 0 aliphatic carbocycles. The van der Waals surface area contributed by atoms with Gasteiger partial charge in [0.2, 0.25) is 0 Å². The lowest BCUT2D eigenvalue weighted by molar-refractivity contribution is 0.306. The van der Waals surface area contributed by atoms with Gasteiger partial charge in [0.05, 0.1) is 21.7 Å². The monoisotopic (exact) mass is 257 g/mol. The van der Waals surface area contributed by atoms with Gasteiger partial charge < -0.3 is 15.9 Å². The van der Waals surface area contributed by atoms with Gasteiger partial charge in [0.25, 0.3) is 0 Å². The van der Waals surface area contributed by atoms with Gasteiger partial charge >= 0.3 is 0 Å². The van der Waals surface area contributed by atoms with E-state index in [4.69, 9.17) is 50.7 Å². The van der Waals surface area contributed by atoms with Crippen molar-refractivity contribution < 1.29 is 10.2 Å². The zero-order valence-electron chi connectivity index (χ0n) is 7.17. The molecule has 0 atom stereocenters. The molecule has 3 nitrogen and oxygen atoms in total. The highest BCUT2D eigenvalue weighted by atomic mass is 35.5. The number of hydrogen-bond donors (Lipinski definition) is 3. The number of aliphatic hydroxyl groups is 1. The number of phenolic OH excluding ortho intramolecular Hbond substituents is 1. The third kappa shape index (κ3) is 4.88. The van der Waals surface area contributed by atoms with Crippen molar-refractivity contribution in [2.45, 2.75) is 0 Å². The summed E-state index contributed by atoms with van der Waals surface area (Å²) < 4.78 is 0. The van der Waals surface area contributed by atoms with Gasteiger partial charge in [0.1, 0.15) is 5.75 Å². The molecular weight excluding hydrogens is 248 g/mol. The molecule has 0 fully saturated rings. The van der Waals surface area contributed by atoms with Crippen LogP contribution in [0, 0.1) is 0 Å². The Balaban J connectivity index is 0.000000364. The highest BCUT2D eigenvalue weighted by molar-refractivity contribution is 6.43. The average molecular weight is 259 g/mol. The van der Waals surface area contributed by atoms with E-state index in [9.17, 15) is 0 Å². The Bertz CT molecular complexity index is 242. The molecule has 6 heteroatoms. The molecule has 0 heterocycles. The standard InChI is InChI=1S/C6H3Cl3O.C2H7NO/c7-3-1-5(9)6(10)2-4(3)8;3-1-2-4/h1-2,10H;4H,1-3H2. The molecule has 0 amide bonds. The molecule has 80 valence electrons. The van der Waals surface area contributed by atoms with Crippen molar-refractivity contribution in [3.05, 3.63) is 27.2 Å². The summed E-state index contributed by atoms with van der Waals surface area (Å²) in [5, 5.41) is 17.5. The zero-order valence-corrected chi connectivity index (χ0v) is 9.44. The summed E-state index contributed by atoms with van der Waals surface area (Å²) in [6.07, 6.45) is 0. The average Bonchev–Trinajstić information content (AvgIpc) is 2.15. The molecule has 0 saturated carbocycles. The van der Waals surface area contributed by atoms with Gasteiger partial charge in [-0.3, -0.25) is 0 Å². The van der Waals surface area contributed by atoms with Gasteiger partial charge in [-0.15, -0.1) is 0 Å². The van der Waals surface area contributed by atoms with E-state index in [1.807, 2.05) is 0 Å². The van der Waals surface area contributed by atoms with E-state index in [0.29, 0.717) is 16.6 Å². The van der Waals surface area contributed by atoms with Crippen molar-refractivity contribution in [3.8, 4) is 5.75 Å². The number of hydrogen-bond acceptors (Lipinski definition) is 3. The van der Waals surface area contributed by atoms with Gasteiger partial charge in [-0.2, -0.15) is 0 Å². The van der Waals surface area contributed by atoms with Crippen molar-refractivity contribution in [2.24, 2.45) is 5.73 Å². The summed E-state index contributed by atoms with van der Waals surface area (Å²) in [4.78, 5) is 0. The van der Waals surface area contributed by atoms with Crippen molar-refractivity contribution in [3.63, 3.8) is 0 Å². The van der Waals surface area contributed by atoms with E-state index in [1.54, 1.807) is 0 Å². The SMILES string of the molecule is NCCO.Oc1cc(Cl)c(Cl)cc1Cl. The lowest BCUT2D eigenvalue weighted by atomic mass is 10.3. The minimum atomic E-state index is -0.0592. The third-order valence-corrected chi connectivity index (χ3v) is 2.14. The van der Waals surface area contributed by atoms with Crippen LogP contribution in [0.3, 0.4) is 0 Å². The predicted octanol–water partition coefficient (Wildman–Crippen LogP) is 2.29. The molecule has 0 unspecified atom stereocenters. The fourth-order valence-corrected chi connectivity index (χ4v) is 1.05. The molecule has 0 aliphatic rings. The van der Waals surface area contributed by atoms with Crippen molar-refractivity contribution in [1.82, 2.24) is 0 Å². The van der Waals surface area contributed by atoms with Crippen LogP contribution < -0.4 is 5.73 Å². The van der Waals surface area contributed by atoms with Crippen molar-refractivity contribution in [1.29, 1.82) is 0 Å². The first-order valence-corrected chi connectivity index (χ1v) is 4.80. The van der Waals surface area contributed by atoms with Crippen LogP contribution in [0.4, 0.5) is 0 Å². The third-order valence-electron chi connectivity index (χ3n) is 1.12. The highest BCUT2D eigenvalue weighted by Crippen LogP contribution is 2.32. The zero-order chi connectivity index (χ0) is 11.1. The minimum Gasteiger partial charge on any atom is -0.506 e. The summed E-state index contributed by atoms with van der Waals surface area (Å²) in [5.74, 6) is -0.0592. The maximum absolute atomic E-state index is 8.95. The summed E-state index contributed by atoms with van der Waals surface area (Å²) in [5.41, 5.74) is 4.78. The van der Waals surface area contributed by atoms with Gasteiger partial charge in [-0.1, -0.05) is 34.8 Å². The number of halogens is 3. The second-order valence-corrected chi connectivity index (χ2v) is 3.45. The van der Waals surface area contributed by atoms with Crippen LogP contribution in [0.2, 0.25) is 15.1 Å². The fraction of sp³-hybridized carbons (Fsp3) is 0.250. The maximum Gasteiger partial charge on any atom is 0.135 e. The van der Waals surface area contributed by atoms with Crippen molar-refractivity contribution >= 4 is 34.8 Å². The van der Waals surface area contributed by atoms with Crippen LogP contribution in [0.5, 0.6) is 5.75 Å². The lowest BCUT2D eigenvalue weighted by Crippen LogP contribution is -2.02. The first-order valence-electron chi connectivity index (χ1n) is 3.67. The van der Waals surface area contributed by atoms with E-state index in [2.05, 4.69) is 0 Å². The molecule has 0 saturated heterocycles. The van der Waals surface area contributed by atoms with E-state index in [1.165, 1.54) is 12.1 Å². The second kappa shape index (κ2) is 7.15. The Kier molecular flexibility index (Phi) is 7.05. The Morgan fingerprint density at radius 2 is 1.50 bits per heavy atom. The summed E-state index contributed by atoms with van der Waals surface area (Å²) in [7, 11) is 0. The largest absolute Gasteiger partial charge is 0.506 e. The van der Waals surface area contributed by atoms with E-state index >= 15 is 0 Å². The number of nitrogens with two attached hydrogens (primary N) is 1. The van der Waals surface area contributed by atoms with Crippen LogP contribution in [-0.4, -0.2) is 23.4 Å². The number of rotatable bonds is 1. The smallest absolute Gasteiger partial charge is 0.135 e. The van der Waals surface area contributed by atoms with E-state index in [0.717, 1.165) is 0 Å². The minimum absolute atomic E-state index is 0.0592. The normalized spacial score (nSPS) is 9.21. The van der Waals surface area contributed by atoms with Gasteiger partial charge in [-0.25, -0.2) is 0 Å². The summed E-state index contributed by atoms with van der Waals surface area (Å²) >= 11 is 16.6. The van der Waals surface area contributed by atoms with Gasteiger partial charge in [0.15, 0.2) is 0 Å². The Morgan fingerprint density at radius 1 is 1.07 bits per heavy atom. The van der Waals surface area contributed by atoms with Gasteiger partial charge in [-0.05, 0) is 6.07 Å². The highest BCUT2D eigenvalue weighted by Gasteiger charge is 2.02. The van der Waals surface area contributed by atoms with Crippen LogP contribution in [0.25, 0.3) is 0 Å². The van der Waals surface area contributed by atoms with E-state index in [-0.39, 0.29) is 17.4 Å². The number of phenols is 1. The lowest BCUT2D eigenvalue weighted by Gasteiger charge is -1.97. The molecule has 0 bridgehead atoms. The molecular formula is C8H10Cl3NO2. The predicted molar refractivity (Wildman–Crippen MR) is 59.3 cm³/mol. The van der Waals surface area contributed by atoms with Crippen LogP contribution in [0.1, 0.15) is 0 Å². The molecule has 0 aliphatic heterocycles. The molecule has 0 radical (unpaired) electrons. The second-order valence-electron chi connectivity index (χ2n) is 2.23. The fourth-order valence-electron chi connectivity index (χ4n) is 0.512. The maximum atomic E-state index is 8.95. The number of aromatic hydroxyl groups is 1. The summed E-state index contributed by atoms with van der Waals surface area (Å²) in [6.45, 7) is 0.472. The molecule has 0 spiro atoms. The molecule has 1 aromatic rings. The van der Waals surface area contributed by atoms with Crippen LogP contribution in [-0.2, 0) is 0 Å². The number of aliphatic hydroxyl groups excluding tert-OH is 1. The van der Waals surface area contributed by atoms with Crippen LogP contribution >= 0.6 is 34.8 Å². The molecule has 4 N–H and O–H groups in total. The Morgan fingerprint density at radius 3 is 1.86 bits per heavy atom. The van der Waals surface area contributed by atoms with Gasteiger partial charge in [0, 0.05) is 12.6 Å². The number of benzene rings is 1. The quantitative estimate of drug-likeness (QED) is 0.677. The molecule has 0 aromatic heterocycles. The topological polar surface area (TPSA) is 66.5 Å². The van der Waals surface area contributed by atoms with Crippen molar-refractivity contribution in [2.75, 3.05) is 13.2 Å². The Hall–Kier alpha value is -0.190. The molecule has 1 rings (SSSR count). The Labute approximate surface area is 97.0 Å².